The molecule has 110 valence electrons. The molecule has 0 spiro atoms. The minimum atomic E-state index is 0.452. The van der Waals surface area contributed by atoms with Gasteiger partial charge in [0, 0.05) is 0 Å². The molecule has 2 N–H and O–H groups in total. The van der Waals surface area contributed by atoms with E-state index in [1.807, 2.05) is 0 Å². The minimum absolute atomic E-state index is 0.452. The summed E-state index contributed by atoms with van der Waals surface area (Å²) in [5.41, 5.74) is 6.56. The molecular formula is C17H37N. The summed E-state index contributed by atoms with van der Waals surface area (Å²) in [6, 6.07) is 0. The molecule has 0 amide bonds. The van der Waals surface area contributed by atoms with Crippen molar-refractivity contribution in [3.8, 4) is 0 Å². The van der Waals surface area contributed by atoms with Crippen LogP contribution in [0, 0.1) is 17.3 Å². The summed E-state index contributed by atoms with van der Waals surface area (Å²) in [7, 11) is 0. The molecule has 0 fully saturated rings. The highest BCUT2D eigenvalue weighted by Gasteiger charge is 2.36. The van der Waals surface area contributed by atoms with E-state index >= 15 is 0 Å². The van der Waals surface area contributed by atoms with Gasteiger partial charge in [0.2, 0.25) is 0 Å². The van der Waals surface area contributed by atoms with E-state index in [1.54, 1.807) is 0 Å². The van der Waals surface area contributed by atoms with Gasteiger partial charge in [-0.2, -0.15) is 0 Å². The average Bonchev–Trinajstić information content (AvgIpc) is 2.35. The second kappa shape index (κ2) is 9.83. The van der Waals surface area contributed by atoms with E-state index in [0.717, 1.165) is 12.5 Å². The van der Waals surface area contributed by atoms with E-state index in [4.69, 9.17) is 5.73 Å². The molecule has 0 saturated heterocycles. The molecule has 0 aliphatic heterocycles. The SMILES string of the molecule is CCCCCC(CN)C(C)(CCC)[C@@H](C)CCC. The monoisotopic (exact) mass is 255 g/mol. The van der Waals surface area contributed by atoms with Crippen LogP contribution in [0.4, 0.5) is 0 Å². The summed E-state index contributed by atoms with van der Waals surface area (Å²) in [5, 5.41) is 0. The topological polar surface area (TPSA) is 26.0 Å². The fourth-order valence-electron chi connectivity index (χ4n) is 3.51. The number of hydrogen-bond acceptors (Lipinski definition) is 1. The predicted octanol–water partition coefficient (Wildman–Crippen LogP) is 5.38. The first-order valence-electron chi connectivity index (χ1n) is 8.26. The molecule has 1 nitrogen and oxygen atoms in total. The maximum Gasteiger partial charge on any atom is -0.00436 e. The maximum absolute atomic E-state index is 6.11. The van der Waals surface area contributed by atoms with Crippen molar-refractivity contribution in [2.45, 2.75) is 86.0 Å². The van der Waals surface area contributed by atoms with E-state index in [9.17, 15) is 0 Å². The second-order valence-corrected chi connectivity index (χ2v) is 6.37. The van der Waals surface area contributed by atoms with Crippen LogP contribution in [0.2, 0.25) is 0 Å². The molecule has 0 radical (unpaired) electrons. The summed E-state index contributed by atoms with van der Waals surface area (Å²) < 4.78 is 0. The molecule has 3 atom stereocenters. The summed E-state index contributed by atoms with van der Waals surface area (Å²) >= 11 is 0. The number of rotatable bonds is 11. The van der Waals surface area contributed by atoms with Gasteiger partial charge in [0.1, 0.15) is 0 Å². The summed E-state index contributed by atoms with van der Waals surface area (Å²) in [6.45, 7) is 12.7. The van der Waals surface area contributed by atoms with Crippen molar-refractivity contribution in [2.75, 3.05) is 6.54 Å². The molecule has 0 aromatic carbocycles. The maximum atomic E-state index is 6.11. The Labute approximate surface area is 116 Å². The lowest BCUT2D eigenvalue weighted by Gasteiger charge is -2.43. The molecule has 0 aromatic heterocycles. The lowest BCUT2D eigenvalue weighted by atomic mass is 9.63. The molecule has 0 aromatic rings. The van der Waals surface area contributed by atoms with E-state index in [1.165, 1.54) is 51.4 Å². The molecule has 0 aliphatic rings. The van der Waals surface area contributed by atoms with Gasteiger partial charge < -0.3 is 5.73 Å². The average molecular weight is 255 g/mol. The van der Waals surface area contributed by atoms with Gasteiger partial charge in [-0.05, 0) is 36.6 Å². The molecular weight excluding hydrogens is 218 g/mol. The van der Waals surface area contributed by atoms with Crippen LogP contribution < -0.4 is 5.73 Å². The van der Waals surface area contributed by atoms with Gasteiger partial charge in [0.05, 0.1) is 0 Å². The fourth-order valence-corrected chi connectivity index (χ4v) is 3.51. The van der Waals surface area contributed by atoms with Crippen molar-refractivity contribution in [1.29, 1.82) is 0 Å². The van der Waals surface area contributed by atoms with Crippen LogP contribution in [0.1, 0.15) is 86.0 Å². The zero-order valence-corrected chi connectivity index (χ0v) is 13.6. The van der Waals surface area contributed by atoms with Crippen molar-refractivity contribution in [3.05, 3.63) is 0 Å². The fraction of sp³-hybridized carbons (Fsp3) is 1.00. The predicted molar refractivity (Wildman–Crippen MR) is 83.8 cm³/mol. The molecule has 0 heterocycles. The quantitative estimate of drug-likeness (QED) is 0.493. The first-order valence-corrected chi connectivity index (χ1v) is 8.26. The van der Waals surface area contributed by atoms with Crippen molar-refractivity contribution in [1.82, 2.24) is 0 Å². The first-order chi connectivity index (χ1) is 8.56. The van der Waals surface area contributed by atoms with Crippen molar-refractivity contribution in [3.63, 3.8) is 0 Å². The van der Waals surface area contributed by atoms with Crippen LogP contribution in [0.5, 0.6) is 0 Å². The van der Waals surface area contributed by atoms with E-state index in [-0.39, 0.29) is 0 Å². The number of nitrogens with two attached hydrogens (primary N) is 1. The van der Waals surface area contributed by atoms with E-state index in [2.05, 4.69) is 34.6 Å². The highest BCUT2D eigenvalue weighted by molar-refractivity contribution is 4.87. The Kier molecular flexibility index (Phi) is 9.81. The Balaban J connectivity index is 4.67. The van der Waals surface area contributed by atoms with Crippen LogP contribution in [0.25, 0.3) is 0 Å². The van der Waals surface area contributed by atoms with Crippen LogP contribution in [0.3, 0.4) is 0 Å². The van der Waals surface area contributed by atoms with Crippen molar-refractivity contribution >= 4 is 0 Å². The van der Waals surface area contributed by atoms with Crippen LogP contribution >= 0.6 is 0 Å². The second-order valence-electron chi connectivity index (χ2n) is 6.37. The molecule has 18 heavy (non-hydrogen) atoms. The van der Waals surface area contributed by atoms with Gasteiger partial charge in [-0.3, -0.25) is 0 Å². The van der Waals surface area contributed by atoms with Gasteiger partial charge in [0.25, 0.3) is 0 Å². The van der Waals surface area contributed by atoms with Crippen molar-refractivity contribution in [2.24, 2.45) is 23.0 Å². The third-order valence-corrected chi connectivity index (χ3v) is 5.01. The van der Waals surface area contributed by atoms with Gasteiger partial charge in [-0.1, -0.05) is 73.1 Å². The smallest absolute Gasteiger partial charge is 0.00436 e. The third-order valence-electron chi connectivity index (χ3n) is 5.01. The molecule has 0 rings (SSSR count). The summed E-state index contributed by atoms with van der Waals surface area (Å²) in [6.07, 6.45) is 10.6. The molecule has 0 saturated carbocycles. The molecule has 2 unspecified atom stereocenters. The first kappa shape index (κ1) is 18.0. The van der Waals surface area contributed by atoms with Gasteiger partial charge in [-0.15, -0.1) is 0 Å². The molecule has 1 heteroatoms. The van der Waals surface area contributed by atoms with Crippen LogP contribution in [-0.2, 0) is 0 Å². The van der Waals surface area contributed by atoms with Crippen molar-refractivity contribution < 1.29 is 0 Å². The van der Waals surface area contributed by atoms with Gasteiger partial charge >= 0.3 is 0 Å². The number of hydrogen-bond donors (Lipinski definition) is 1. The lowest BCUT2D eigenvalue weighted by molar-refractivity contribution is 0.0781. The van der Waals surface area contributed by atoms with Crippen LogP contribution in [0.15, 0.2) is 0 Å². The highest BCUT2D eigenvalue weighted by Crippen LogP contribution is 2.44. The number of unbranched alkanes of at least 4 members (excludes halogenated alkanes) is 2. The Hall–Kier alpha value is -0.0400. The van der Waals surface area contributed by atoms with Gasteiger partial charge in [0.15, 0.2) is 0 Å². The summed E-state index contributed by atoms with van der Waals surface area (Å²) in [5.74, 6) is 1.52. The minimum Gasteiger partial charge on any atom is -0.330 e. The molecule has 0 aliphatic carbocycles. The summed E-state index contributed by atoms with van der Waals surface area (Å²) in [4.78, 5) is 0. The Bertz CT molecular complexity index is 190. The molecule has 0 bridgehead atoms. The Morgan fingerprint density at radius 3 is 2.06 bits per heavy atom. The van der Waals surface area contributed by atoms with Crippen LogP contribution in [-0.4, -0.2) is 6.54 Å². The third kappa shape index (κ3) is 5.30. The Morgan fingerprint density at radius 2 is 1.61 bits per heavy atom. The highest BCUT2D eigenvalue weighted by atomic mass is 14.6. The van der Waals surface area contributed by atoms with Gasteiger partial charge in [-0.25, -0.2) is 0 Å². The van der Waals surface area contributed by atoms with E-state index < -0.39 is 0 Å². The Morgan fingerprint density at radius 1 is 0.944 bits per heavy atom. The largest absolute Gasteiger partial charge is 0.330 e. The standard InChI is InChI=1S/C17H37N/c1-6-9-10-12-16(14-18)17(5,13-8-3)15(4)11-7-2/h15-16H,6-14,18H2,1-5H3/t15-,16?,17?/m0/s1. The lowest BCUT2D eigenvalue weighted by Crippen LogP contribution is -2.38. The van der Waals surface area contributed by atoms with E-state index in [0.29, 0.717) is 11.3 Å². The normalized spacial score (nSPS) is 18.3. The zero-order valence-electron chi connectivity index (χ0n) is 13.6. The zero-order chi connectivity index (χ0) is 14.0.